The molecule has 0 aromatic heterocycles. The quantitative estimate of drug-likeness (QED) is 0.0261. The van der Waals surface area contributed by atoms with Crippen LogP contribution in [-0.4, -0.2) is 87.5 Å². The number of rotatable bonds is 61. The summed E-state index contributed by atoms with van der Waals surface area (Å²) in [5.41, 5.74) is 0. The fraction of sp³-hybridized carbons (Fsp3) is 0.928. The molecule has 0 aliphatic carbocycles. The molecule has 462 valence electrons. The fourth-order valence-corrected chi connectivity index (χ4v) is 11.4. The lowest BCUT2D eigenvalue weighted by Crippen LogP contribution is -2.60. The van der Waals surface area contributed by atoms with E-state index in [0.717, 1.165) is 44.9 Å². The van der Waals surface area contributed by atoms with Crippen LogP contribution in [0, 0.1) is 0 Å². The molecular weight excluding hydrogens is 971 g/mol. The predicted octanol–water partition coefficient (Wildman–Crippen LogP) is 18.5. The molecule has 1 aliphatic heterocycles. The number of nitrogens with one attached hydrogen (secondary N) is 1. The summed E-state index contributed by atoms with van der Waals surface area (Å²) in [7, 11) is 0. The predicted molar refractivity (Wildman–Crippen MR) is 332 cm³/mol. The molecule has 0 bridgehead atoms. The molecule has 6 N–H and O–H groups in total. The second-order valence-corrected chi connectivity index (χ2v) is 24.3. The van der Waals surface area contributed by atoms with Crippen LogP contribution in [0.1, 0.15) is 354 Å². The van der Waals surface area contributed by atoms with Gasteiger partial charge in [0.05, 0.1) is 25.4 Å². The lowest BCUT2D eigenvalue weighted by molar-refractivity contribution is -0.302. The van der Waals surface area contributed by atoms with Gasteiger partial charge in [-0.15, -0.1) is 0 Å². The minimum absolute atomic E-state index is 0.134. The highest BCUT2D eigenvalue weighted by Gasteiger charge is 2.44. The third kappa shape index (κ3) is 47.2. The zero-order chi connectivity index (χ0) is 56.5. The Morgan fingerprint density at radius 2 is 0.756 bits per heavy atom. The van der Waals surface area contributed by atoms with Gasteiger partial charge < -0.3 is 40.3 Å². The minimum Gasteiger partial charge on any atom is -0.394 e. The maximum Gasteiger partial charge on any atom is 0.220 e. The van der Waals surface area contributed by atoms with Crippen molar-refractivity contribution >= 4 is 5.91 Å². The van der Waals surface area contributed by atoms with Crippen LogP contribution in [-0.2, 0) is 14.3 Å². The largest absolute Gasteiger partial charge is 0.394 e. The molecular formula is C69H133NO8. The highest BCUT2D eigenvalue weighted by atomic mass is 16.7. The summed E-state index contributed by atoms with van der Waals surface area (Å²) < 4.78 is 11.4. The summed E-state index contributed by atoms with van der Waals surface area (Å²) in [6.07, 6.45) is 69.5. The van der Waals surface area contributed by atoms with E-state index in [1.165, 1.54) is 283 Å². The van der Waals surface area contributed by atoms with Gasteiger partial charge in [-0.2, -0.15) is 0 Å². The summed E-state index contributed by atoms with van der Waals surface area (Å²) in [6, 6.07) is -0.719. The zero-order valence-electron chi connectivity index (χ0n) is 51.7. The van der Waals surface area contributed by atoms with Crippen LogP contribution in [0.5, 0.6) is 0 Å². The van der Waals surface area contributed by atoms with Gasteiger partial charge in [0.1, 0.15) is 24.4 Å². The maximum atomic E-state index is 13.1. The molecule has 0 aromatic carbocycles. The first-order valence-corrected chi connectivity index (χ1v) is 34.5. The molecule has 0 radical (unpaired) electrons. The van der Waals surface area contributed by atoms with Crippen LogP contribution in [0.4, 0.5) is 0 Å². The second-order valence-electron chi connectivity index (χ2n) is 24.3. The summed E-state index contributed by atoms with van der Waals surface area (Å²) >= 11 is 0. The number of aliphatic hydroxyl groups excluding tert-OH is 5. The third-order valence-corrected chi connectivity index (χ3v) is 16.8. The molecule has 7 atom stereocenters. The molecule has 1 fully saturated rings. The Balaban J connectivity index is 2.11. The Bertz CT molecular complexity index is 1280. The van der Waals surface area contributed by atoms with Crippen LogP contribution < -0.4 is 5.32 Å². The van der Waals surface area contributed by atoms with Gasteiger partial charge in [-0.25, -0.2) is 0 Å². The van der Waals surface area contributed by atoms with E-state index >= 15 is 0 Å². The molecule has 1 rings (SSSR count). The normalized spacial score (nSPS) is 18.7. The van der Waals surface area contributed by atoms with Crippen LogP contribution in [0.25, 0.3) is 0 Å². The molecule has 9 heteroatoms. The van der Waals surface area contributed by atoms with Crippen molar-refractivity contribution in [2.24, 2.45) is 0 Å². The first kappa shape index (κ1) is 74.7. The number of allylic oxidation sites excluding steroid dienone is 4. The van der Waals surface area contributed by atoms with Gasteiger partial charge in [0.25, 0.3) is 0 Å². The summed E-state index contributed by atoms with van der Waals surface area (Å²) in [4.78, 5) is 13.1. The van der Waals surface area contributed by atoms with Gasteiger partial charge in [-0.1, -0.05) is 327 Å². The Morgan fingerprint density at radius 3 is 1.10 bits per heavy atom. The highest BCUT2D eigenvalue weighted by molar-refractivity contribution is 5.76. The van der Waals surface area contributed by atoms with Crippen LogP contribution in [0.3, 0.4) is 0 Å². The number of ether oxygens (including phenoxy) is 2. The molecule has 1 aliphatic rings. The van der Waals surface area contributed by atoms with Crippen molar-refractivity contribution < 1.29 is 39.8 Å². The summed E-state index contributed by atoms with van der Waals surface area (Å²) in [5.74, 6) is -0.138. The van der Waals surface area contributed by atoms with Crippen molar-refractivity contribution in [1.82, 2.24) is 5.32 Å². The SMILES string of the molecule is CCCCCCCCCCC/C=C\C/C=C\CCCCCCCCCCCCCCCCCC(=O)NC(COC1OC(CO)C(O)C(O)C1O)C(O)CCCCCCCCCCCCCCCCCCCCCCCCCC. The maximum absolute atomic E-state index is 13.1. The second kappa shape index (κ2) is 58.9. The number of hydrogen-bond acceptors (Lipinski definition) is 8. The van der Waals surface area contributed by atoms with Crippen molar-refractivity contribution in [2.75, 3.05) is 13.2 Å². The third-order valence-electron chi connectivity index (χ3n) is 16.8. The van der Waals surface area contributed by atoms with Crippen molar-refractivity contribution in [3.8, 4) is 0 Å². The van der Waals surface area contributed by atoms with Crippen LogP contribution in [0.2, 0.25) is 0 Å². The molecule has 9 nitrogen and oxygen atoms in total. The molecule has 1 heterocycles. The van der Waals surface area contributed by atoms with E-state index in [1.807, 2.05) is 0 Å². The van der Waals surface area contributed by atoms with E-state index < -0.39 is 49.5 Å². The summed E-state index contributed by atoms with van der Waals surface area (Å²) in [5, 5.41) is 54.9. The number of carbonyl (C=O) groups is 1. The van der Waals surface area contributed by atoms with Crippen LogP contribution in [0.15, 0.2) is 24.3 Å². The molecule has 1 amide bonds. The molecule has 0 aromatic rings. The van der Waals surface area contributed by atoms with E-state index in [1.54, 1.807) is 0 Å². The average Bonchev–Trinajstić information content (AvgIpc) is 3.45. The Kier molecular flexibility index (Phi) is 56.3. The molecule has 1 saturated heterocycles. The monoisotopic (exact) mass is 1100 g/mol. The molecule has 78 heavy (non-hydrogen) atoms. The Hall–Kier alpha value is -1.33. The lowest BCUT2D eigenvalue weighted by Gasteiger charge is -2.40. The van der Waals surface area contributed by atoms with E-state index in [4.69, 9.17) is 9.47 Å². The average molecular weight is 1100 g/mol. The lowest BCUT2D eigenvalue weighted by atomic mass is 9.99. The van der Waals surface area contributed by atoms with Crippen molar-refractivity contribution in [2.45, 2.75) is 397 Å². The Morgan fingerprint density at radius 1 is 0.436 bits per heavy atom. The molecule has 7 unspecified atom stereocenters. The van der Waals surface area contributed by atoms with Gasteiger partial charge >= 0.3 is 0 Å². The van der Waals surface area contributed by atoms with E-state index in [9.17, 15) is 30.3 Å². The van der Waals surface area contributed by atoms with Gasteiger partial charge in [0.2, 0.25) is 5.91 Å². The van der Waals surface area contributed by atoms with Gasteiger partial charge in [0, 0.05) is 6.42 Å². The van der Waals surface area contributed by atoms with Crippen molar-refractivity contribution in [3.05, 3.63) is 24.3 Å². The van der Waals surface area contributed by atoms with Gasteiger partial charge in [-0.3, -0.25) is 4.79 Å². The smallest absolute Gasteiger partial charge is 0.220 e. The number of amides is 1. The van der Waals surface area contributed by atoms with E-state index in [2.05, 4.69) is 43.5 Å². The van der Waals surface area contributed by atoms with E-state index in [0.29, 0.717) is 12.8 Å². The Labute approximate surface area is 483 Å². The van der Waals surface area contributed by atoms with Crippen molar-refractivity contribution in [3.63, 3.8) is 0 Å². The van der Waals surface area contributed by atoms with Crippen molar-refractivity contribution in [1.29, 1.82) is 0 Å². The number of unbranched alkanes of at least 4 members (excludes halogenated alkanes) is 47. The molecule has 0 saturated carbocycles. The van der Waals surface area contributed by atoms with E-state index in [-0.39, 0.29) is 12.5 Å². The minimum atomic E-state index is -1.55. The fourth-order valence-electron chi connectivity index (χ4n) is 11.4. The number of aliphatic hydroxyl groups is 5. The first-order chi connectivity index (χ1) is 38.3. The van der Waals surface area contributed by atoms with Gasteiger partial charge in [0.15, 0.2) is 6.29 Å². The van der Waals surface area contributed by atoms with Gasteiger partial charge in [-0.05, 0) is 44.9 Å². The topological polar surface area (TPSA) is 149 Å². The number of carbonyl (C=O) groups excluding carboxylic acids is 1. The standard InChI is InChI=1S/C69H133NO8/c1-3-5-7-9-11-13-15-17-19-21-23-25-27-29-30-31-32-33-34-35-37-39-41-43-45-47-49-51-53-55-57-59-65(73)70-62(61-77-69-68(76)67(75)66(74)64(60-71)78-69)63(72)58-56-54-52-50-48-46-44-42-40-38-36-28-26-24-22-20-18-16-14-12-10-8-6-4-2/h23,25,29-30,62-64,66-69,71-72,74-76H,3-22,24,26-28,31-61H2,1-2H3,(H,70,73)/b25-23-,30-29-. The zero-order valence-corrected chi connectivity index (χ0v) is 51.7. The summed E-state index contributed by atoms with van der Waals surface area (Å²) in [6.45, 7) is 3.89. The van der Waals surface area contributed by atoms with Crippen LogP contribution >= 0.6 is 0 Å². The number of hydrogen-bond donors (Lipinski definition) is 6. The molecule has 0 spiro atoms. The first-order valence-electron chi connectivity index (χ1n) is 34.5. The highest BCUT2D eigenvalue weighted by Crippen LogP contribution is 2.24.